The second-order valence-electron chi connectivity index (χ2n) is 7.70. The third kappa shape index (κ3) is 43.4. The smallest absolute Gasteiger partial charge is 0.871 e. The van der Waals surface area contributed by atoms with Gasteiger partial charge >= 0.3 is 67.1 Å². The number of benzene rings is 4. The fraction of sp³-hybridized carbons (Fsp3) is 0.222. The summed E-state index contributed by atoms with van der Waals surface area (Å²) in [6, 6.07) is 10.3. The van der Waals surface area contributed by atoms with Crippen molar-refractivity contribution >= 4 is 118 Å². The number of aldehydes is 4. The first-order chi connectivity index (χ1) is 28.6. The van der Waals surface area contributed by atoms with Crippen molar-refractivity contribution < 1.29 is 148 Å². The Morgan fingerprint density at radius 3 is 0.516 bits per heavy atom. The van der Waals surface area contributed by atoms with Crippen molar-refractivity contribution in [2.75, 3.05) is 56.9 Å². The van der Waals surface area contributed by atoms with Crippen molar-refractivity contribution in [3.8, 4) is 23.0 Å². The number of carbonyl (C=O) groups excluding carboxylic acids is 4. The van der Waals surface area contributed by atoms with E-state index in [2.05, 4.69) is 0 Å². The minimum absolute atomic E-state index is 0. The summed E-state index contributed by atoms with van der Waals surface area (Å²) in [6.07, 6.45) is 1.72. The van der Waals surface area contributed by atoms with Crippen molar-refractivity contribution in [2.24, 2.45) is 0 Å². The molecule has 0 aromatic heterocycles. The predicted octanol–water partition coefficient (Wildman–Crippen LogP) is 1.85. The zero-order valence-corrected chi connectivity index (χ0v) is 44.2. The molecule has 0 spiro atoms. The minimum Gasteiger partial charge on any atom is -0.871 e. The third-order valence-electron chi connectivity index (χ3n) is 4.66. The van der Waals surface area contributed by atoms with Gasteiger partial charge in [-0.3, -0.25) is 19.2 Å². The molecule has 28 heteroatoms. The van der Waals surface area contributed by atoms with Crippen molar-refractivity contribution in [1.29, 1.82) is 0 Å². The first kappa shape index (κ1) is 92.9. The van der Waals surface area contributed by atoms with Gasteiger partial charge in [-0.2, -0.15) is 28.4 Å². The van der Waals surface area contributed by atoms with Gasteiger partial charge in [0.2, 0.25) is 0 Å². The summed E-state index contributed by atoms with van der Waals surface area (Å²) in [5.41, 5.74) is -0.0463. The van der Waals surface area contributed by atoms with Crippen LogP contribution >= 0.6 is 92.8 Å². The van der Waals surface area contributed by atoms with Crippen LogP contribution in [0.15, 0.2) is 48.5 Å². The maximum Gasteiger partial charge on any atom is 2.00 e. The Morgan fingerprint density at radius 2 is 0.422 bits per heavy atom. The molecular weight excluding hydrogens is 1210 g/mol. The SMILES string of the molecule is CO.CO.CO.CO.C[O-].C[O-].C[O-].C[O-].O=Cc1cc(Cl)cc(Cl)c1[O-].O=Cc1cc(Cl)cc(Cl)c1[O-].O=Cc1cc(Cl)cc(Cl)c1[O-].O=Cc1cc(Cl)cc(Cl)c1[O-].[Co+2].[Co+2].[Co+2].[Co+2]. The first-order valence-corrected chi connectivity index (χ1v) is 17.5. The first-order valence-electron chi connectivity index (χ1n) is 14.5. The van der Waals surface area contributed by atoms with Crippen molar-refractivity contribution in [3.63, 3.8) is 0 Å². The summed E-state index contributed by atoms with van der Waals surface area (Å²) < 4.78 is 0. The molecule has 0 amide bonds. The van der Waals surface area contributed by atoms with E-state index in [1.54, 1.807) is 0 Å². The molecule has 372 valence electrons. The molecule has 4 radical (unpaired) electrons. The topological polar surface area (TPSA) is 334 Å². The van der Waals surface area contributed by atoms with Gasteiger partial charge in [0.15, 0.2) is 0 Å². The average molecular weight is 1250 g/mol. The number of rotatable bonds is 4. The van der Waals surface area contributed by atoms with Crippen LogP contribution < -0.4 is 40.9 Å². The zero-order chi connectivity index (χ0) is 49.7. The molecule has 0 saturated heterocycles. The van der Waals surface area contributed by atoms with Crippen LogP contribution in [-0.2, 0) is 67.1 Å². The number of carbonyl (C=O) groups is 4. The molecule has 0 atom stereocenters. The normalized spacial score (nSPS) is 7.38. The Labute approximate surface area is 452 Å². The van der Waals surface area contributed by atoms with E-state index in [1.807, 2.05) is 0 Å². The molecule has 0 aliphatic heterocycles. The van der Waals surface area contributed by atoms with E-state index in [0.717, 1.165) is 56.9 Å². The fourth-order valence-corrected chi connectivity index (χ4v) is 4.71. The molecule has 16 nitrogen and oxygen atoms in total. The second kappa shape index (κ2) is 66.1. The molecule has 64 heavy (non-hydrogen) atoms. The molecule has 0 aliphatic carbocycles. The maximum absolute atomic E-state index is 10.9. The molecule has 0 heterocycles. The van der Waals surface area contributed by atoms with Crippen LogP contribution in [0.2, 0.25) is 40.2 Å². The molecule has 0 fully saturated rings. The fourth-order valence-electron chi connectivity index (χ4n) is 2.67. The predicted molar refractivity (Wildman–Crippen MR) is 221 cm³/mol. The summed E-state index contributed by atoms with van der Waals surface area (Å²) in [4.78, 5) is 40.9. The Hall–Kier alpha value is -1.21. The Kier molecular flexibility index (Phi) is 95.9. The van der Waals surface area contributed by atoms with Gasteiger partial charge < -0.3 is 61.3 Å². The Morgan fingerprint density at radius 1 is 0.312 bits per heavy atom. The average Bonchev–Trinajstić information content (AvgIpc) is 3.29. The van der Waals surface area contributed by atoms with Gasteiger partial charge in [0, 0.05) is 90.9 Å². The Balaban J connectivity index is -0.0000000499. The molecule has 4 rings (SSSR count). The van der Waals surface area contributed by atoms with E-state index in [0.29, 0.717) is 25.1 Å². The number of aliphatic hydroxyl groups excluding tert-OH is 4. The molecule has 0 saturated carbocycles. The van der Waals surface area contributed by atoms with Crippen LogP contribution in [0.4, 0.5) is 0 Å². The third-order valence-corrected chi connectivity index (χ3v) is 6.65. The monoisotopic (exact) mass is 1240 g/mol. The van der Waals surface area contributed by atoms with E-state index in [-0.39, 0.29) is 130 Å². The van der Waals surface area contributed by atoms with Gasteiger partial charge in [-0.05, 0) is 48.5 Å². The van der Waals surface area contributed by atoms with E-state index >= 15 is 0 Å². The van der Waals surface area contributed by atoms with Crippen LogP contribution in [-0.4, -0.2) is 102 Å². The Bertz CT molecular complexity index is 1480. The molecule has 0 aliphatic rings. The largest absolute Gasteiger partial charge is 2.00 e. The number of hydrogen-bond acceptors (Lipinski definition) is 16. The minimum atomic E-state index is -0.480. The maximum atomic E-state index is 10.9. The summed E-state index contributed by atoms with van der Waals surface area (Å²) in [5, 5.41) is 106. The van der Waals surface area contributed by atoms with E-state index < -0.39 is 23.0 Å². The molecule has 0 unspecified atom stereocenters. The number of aliphatic hydroxyl groups is 4. The van der Waals surface area contributed by atoms with Crippen LogP contribution in [0.25, 0.3) is 0 Å². The van der Waals surface area contributed by atoms with E-state index in [9.17, 15) is 39.6 Å². The molecular formula is C36H40Cl8Co4O16. The number of halogens is 8. The van der Waals surface area contributed by atoms with Gasteiger partial charge in [0.25, 0.3) is 0 Å². The van der Waals surface area contributed by atoms with Crippen molar-refractivity contribution in [2.45, 2.75) is 0 Å². The molecule has 4 aromatic carbocycles. The van der Waals surface area contributed by atoms with E-state index in [1.165, 1.54) is 48.5 Å². The summed E-state index contributed by atoms with van der Waals surface area (Å²) >= 11 is 43.8. The van der Waals surface area contributed by atoms with Gasteiger partial charge in [-0.15, -0.1) is 0 Å². The molecule has 4 aromatic rings. The van der Waals surface area contributed by atoms with Crippen molar-refractivity contribution in [3.05, 3.63) is 111 Å². The van der Waals surface area contributed by atoms with Gasteiger partial charge in [-0.25, -0.2) is 0 Å². The van der Waals surface area contributed by atoms with Crippen molar-refractivity contribution in [1.82, 2.24) is 0 Å². The zero-order valence-electron chi connectivity index (χ0n) is 34.0. The number of hydrogen-bond donors (Lipinski definition) is 4. The van der Waals surface area contributed by atoms with Gasteiger partial charge in [-0.1, -0.05) is 116 Å². The van der Waals surface area contributed by atoms with Crippen LogP contribution in [0, 0.1) is 0 Å². The van der Waals surface area contributed by atoms with Crippen LogP contribution in [0.3, 0.4) is 0 Å². The summed E-state index contributed by atoms with van der Waals surface area (Å²) in [7, 11) is 7.00. The van der Waals surface area contributed by atoms with Gasteiger partial charge in [0.05, 0.1) is 0 Å². The molecule has 4 N–H and O–H groups in total. The molecule has 0 bridgehead atoms. The standard InChI is InChI=1S/4C7H4Cl2O2.4CH4O.4CH3O.4Co/c4*8-5-1-4(3-10)7(11)6(9)2-5;8*1-2;;;;/h4*1-3,11H;4*2H,1H3;4*1H3;;;;/q;;;;;;;;4*-1;4*+2/p-4. The van der Waals surface area contributed by atoms with Crippen LogP contribution in [0.1, 0.15) is 41.4 Å². The van der Waals surface area contributed by atoms with Crippen LogP contribution in [0.5, 0.6) is 23.0 Å². The van der Waals surface area contributed by atoms with E-state index in [4.69, 9.17) is 134 Å². The quantitative estimate of drug-likeness (QED) is 0.212. The summed E-state index contributed by atoms with van der Waals surface area (Å²) in [6.45, 7) is 0. The van der Waals surface area contributed by atoms with Gasteiger partial charge in [0.1, 0.15) is 25.1 Å². The summed E-state index contributed by atoms with van der Waals surface area (Å²) in [5.74, 6) is -1.92. The second-order valence-corrected chi connectivity index (χ2v) is 11.1.